The highest BCUT2D eigenvalue weighted by Crippen LogP contribution is 2.33. The number of aliphatic hydroxyl groups excluding tert-OH is 1. The Bertz CT molecular complexity index is 335. The van der Waals surface area contributed by atoms with Crippen LogP contribution in [0.3, 0.4) is 0 Å². The molecule has 2 heterocycles. The standard InChI is InChI=1S/C11H18FN3O2/c1-2-8-7(5-16)10(12)11(17-8)15-4-3-9(13)14-6-15/h3-4,7-8,10-11,16H,2,5-6H2,1H3,(H2,13,14)/t7-,8?,10?,11?/m0/s1. The van der Waals surface area contributed by atoms with Crippen molar-refractivity contribution in [3.05, 3.63) is 12.3 Å². The van der Waals surface area contributed by atoms with Crippen molar-refractivity contribution in [3.8, 4) is 0 Å². The molecule has 2 aliphatic rings. The number of amidine groups is 1. The fraction of sp³-hybridized carbons (Fsp3) is 0.727. The van der Waals surface area contributed by atoms with Gasteiger partial charge in [-0.25, -0.2) is 9.38 Å². The molecule has 5 nitrogen and oxygen atoms in total. The van der Waals surface area contributed by atoms with Crippen molar-refractivity contribution in [1.82, 2.24) is 4.90 Å². The van der Waals surface area contributed by atoms with Gasteiger partial charge >= 0.3 is 0 Å². The molecule has 1 fully saturated rings. The summed E-state index contributed by atoms with van der Waals surface area (Å²) in [6, 6.07) is 0. The van der Waals surface area contributed by atoms with Crippen LogP contribution in [0.15, 0.2) is 17.3 Å². The molecule has 0 aromatic rings. The predicted molar refractivity (Wildman–Crippen MR) is 61.9 cm³/mol. The molecule has 4 atom stereocenters. The Morgan fingerprint density at radius 3 is 2.94 bits per heavy atom. The summed E-state index contributed by atoms with van der Waals surface area (Å²) >= 11 is 0. The Kier molecular flexibility index (Phi) is 3.63. The lowest BCUT2D eigenvalue weighted by Crippen LogP contribution is -2.40. The first-order valence-corrected chi connectivity index (χ1v) is 5.81. The first kappa shape index (κ1) is 12.3. The Balaban J connectivity index is 2.06. The predicted octanol–water partition coefficient (Wildman–Crippen LogP) is 0.212. The average molecular weight is 243 g/mol. The number of halogens is 1. The van der Waals surface area contributed by atoms with E-state index in [4.69, 9.17) is 10.5 Å². The molecular weight excluding hydrogens is 225 g/mol. The molecule has 2 rings (SSSR count). The number of alkyl halides is 1. The number of hydrogen-bond acceptors (Lipinski definition) is 5. The van der Waals surface area contributed by atoms with Crippen molar-refractivity contribution >= 4 is 5.84 Å². The molecule has 0 spiro atoms. The minimum absolute atomic E-state index is 0.195. The first-order valence-electron chi connectivity index (χ1n) is 5.81. The van der Waals surface area contributed by atoms with Crippen molar-refractivity contribution < 1.29 is 14.2 Å². The SMILES string of the molecule is CCC1OC(N2C=CC(N)=NC2)C(F)[C@H]1CO. The van der Waals surface area contributed by atoms with Crippen LogP contribution in [0.25, 0.3) is 0 Å². The summed E-state index contributed by atoms with van der Waals surface area (Å²) < 4.78 is 19.8. The van der Waals surface area contributed by atoms with E-state index in [0.717, 1.165) is 0 Å². The van der Waals surface area contributed by atoms with E-state index in [9.17, 15) is 9.50 Å². The molecule has 0 bridgehead atoms. The van der Waals surface area contributed by atoms with Crippen LogP contribution in [0.5, 0.6) is 0 Å². The van der Waals surface area contributed by atoms with Crippen molar-refractivity contribution in [2.24, 2.45) is 16.6 Å². The molecule has 0 aromatic heterocycles. The highest BCUT2D eigenvalue weighted by molar-refractivity contribution is 5.91. The van der Waals surface area contributed by atoms with Gasteiger partial charge in [-0.1, -0.05) is 6.92 Å². The Morgan fingerprint density at radius 1 is 1.71 bits per heavy atom. The number of nitrogens with zero attached hydrogens (tertiary/aromatic N) is 2. The molecule has 6 heteroatoms. The normalized spacial score (nSPS) is 37.4. The Labute approximate surface area is 99.8 Å². The highest BCUT2D eigenvalue weighted by atomic mass is 19.1. The van der Waals surface area contributed by atoms with Gasteiger partial charge in [0.25, 0.3) is 0 Å². The average Bonchev–Trinajstić information content (AvgIpc) is 2.66. The van der Waals surface area contributed by atoms with Gasteiger partial charge in [-0.05, 0) is 12.5 Å². The fourth-order valence-electron chi connectivity index (χ4n) is 2.25. The molecule has 2 aliphatic heterocycles. The molecule has 0 aromatic carbocycles. The lowest BCUT2D eigenvalue weighted by Gasteiger charge is -2.28. The number of aliphatic imine (C=N–C) groups is 1. The van der Waals surface area contributed by atoms with Gasteiger partial charge in [-0.15, -0.1) is 0 Å². The summed E-state index contributed by atoms with van der Waals surface area (Å²) in [4.78, 5) is 5.68. The number of ether oxygens (including phenoxy) is 1. The second-order valence-electron chi connectivity index (χ2n) is 4.32. The van der Waals surface area contributed by atoms with Gasteiger partial charge in [-0.3, -0.25) is 0 Å². The third kappa shape index (κ3) is 2.28. The van der Waals surface area contributed by atoms with E-state index in [0.29, 0.717) is 18.9 Å². The van der Waals surface area contributed by atoms with E-state index >= 15 is 0 Å². The van der Waals surface area contributed by atoms with Crippen LogP contribution in [0.1, 0.15) is 13.3 Å². The third-order valence-electron chi connectivity index (χ3n) is 3.27. The Hall–Kier alpha value is -1.14. The van der Waals surface area contributed by atoms with Crippen molar-refractivity contribution in [3.63, 3.8) is 0 Å². The molecule has 0 saturated carbocycles. The van der Waals surface area contributed by atoms with Crippen molar-refractivity contribution in [1.29, 1.82) is 0 Å². The van der Waals surface area contributed by atoms with Crippen LogP contribution >= 0.6 is 0 Å². The monoisotopic (exact) mass is 243 g/mol. The molecule has 0 aliphatic carbocycles. The second kappa shape index (κ2) is 5.01. The maximum atomic E-state index is 14.1. The summed E-state index contributed by atoms with van der Waals surface area (Å²) in [5, 5.41) is 9.19. The van der Waals surface area contributed by atoms with Gasteiger partial charge in [0.15, 0.2) is 12.4 Å². The van der Waals surface area contributed by atoms with E-state index in [1.807, 2.05) is 6.92 Å². The van der Waals surface area contributed by atoms with Crippen LogP contribution in [0.4, 0.5) is 4.39 Å². The molecule has 3 unspecified atom stereocenters. The summed E-state index contributed by atoms with van der Waals surface area (Å²) in [7, 11) is 0. The topological polar surface area (TPSA) is 71.1 Å². The molecule has 0 radical (unpaired) electrons. The van der Waals surface area contributed by atoms with Crippen molar-refractivity contribution in [2.45, 2.75) is 31.8 Å². The number of aliphatic hydroxyl groups is 1. The van der Waals surface area contributed by atoms with E-state index < -0.39 is 18.3 Å². The van der Waals surface area contributed by atoms with Crippen LogP contribution in [-0.4, -0.2) is 47.6 Å². The fourth-order valence-corrected chi connectivity index (χ4v) is 2.25. The zero-order chi connectivity index (χ0) is 12.4. The molecular formula is C11H18FN3O2. The van der Waals surface area contributed by atoms with Gasteiger partial charge in [0, 0.05) is 12.1 Å². The van der Waals surface area contributed by atoms with Gasteiger partial charge < -0.3 is 20.5 Å². The molecule has 17 heavy (non-hydrogen) atoms. The van der Waals surface area contributed by atoms with E-state index in [-0.39, 0.29) is 12.7 Å². The molecule has 96 valence electrons. The maximum absolute atomic E-state index is 14.1. The Morgan fingerprint density at radius 2 is 2.47 bits per heavy atom. The maximum Gasteiger partial charge on any atom is 0.163 e. The van der Waals surface area contributed by atoms with E-state index in [2.05, 4.69) is 4.99 Å². The van der Waals surface area contributed by atoms with Gasteiger partial charge in [-0.2, -0.15) is 0 Å². The molecule has 0 amide bonds. The molecule has 3 N–H and O–H groups in total. The third-order valence-corrected chi connectivity index (χ3v) is 3.27. The van der Waals surface area contributed by atoms with Crippen LogP contribution in [0.2, 0.25) is 0 Å². The lowest BCUT2D eigenvalue weighted by molar-refractivity contribution is -0.0543. The summed E-state index contributed by atoms with van der Waals surface area (Å²) in [5.74, 6) is -0.0259. The summed E-state index contributed by atoms with van der Waals surface area (Å²) in [5.41, 5.74) is 5.50. The van der Waals surface area contributed by atoms with Crippen LogP contribution < -0.4 is 5.73 Å². The number of nitrogens with two attached hydrogens (primary N) is 1. The zero-order valence-electron chi connectivity index (χ0n) is 9.79. The smallest absolute Gasteiger partial charge is 0.163 e. The van der Waals surface area contributed by atoms with Crippen LogP contribution in [-0.2, 0) is 4.74 Å². The molecule has 1 saturated heterocycles. The van der Waals surface area contributed by atoms with Crippen LogP contribution in [0, 0.1) is 5.92 Å². The quantitative estimate of drug-likeness (QED) is 0.743. The van der Waals surface area contributed by atoms with Gasteiger partial charge in [0.1, 0.15) is 12.5 Å². The lowest BCUT2D eigenvalue weighted by atomic mass is 9.98. The van der Waals surface area contributed by atoms with Gasteiger partial charge in [0.05, 0.1) is 12.7 Å². The minimum Gasteiger partial charge on any atom is -0.396 e. The zero-order valence-corrected chi connectivity index (χ0v) is 9.79. The largest absolute Gasteiger partial charge is 0.396 e. The minimum atomic E-state index is -1.20. The van der Waals surface area contributed by atoms with Gasteiger partial charge in [0.2, 0.25) is 0 Å². The second-order valence-corrected chi connectivity index (χ2v) is 4.32. The summed E-state index contributed by atoms with van der Waals surface area (Å²) in [6.07, 6.45) is 1.87. The number of rotatable bonds is 3. The van der Waals surface area contributed by atoms with E-state index in [1.54, 1.807) is 17.2 Å². The highest BCUT2D eigenvalue weighted by Gasteiger charge is 2.46. The summed E-state index contributed by atoms with van der Waals surface area (Å²) in [6.45, 7) is 2.02. The number of hydrogen-bond donors (Lipinski definition) is 2. The van der Waals surface area contributed by atoms with Crippen molar-refractivity contribution in [2.75, 3.05) is 13.3 Å². The van der Waals surface area contributed by atoms with E-state index in [1.165, 1.54) is 0 Å². The first-order chi connectivity index (χ1) is 8.17.